The molecule has 314 valence electrons. The summed E-state index contributed by atoms with van der Waals surface area (Å²) in [5.41, 5.74) is 0. The summed E-state index contributed by atoms with van der Waals surface area (Å²) < 4.78 is 26.9. The SMILES string of the molecule is CCCCCCCC/C=C\CCCCCCCCCC(=O)OCC(O)COP(=O)(O)OCCNC(=O)CCCCCCCCCCCCCCCCC. The van der Waals surface area contributed by atoms with Crippen molar-refractivity contribution in [1.82, 2.24) is 5.32 Å². The molecule has 0 saturated heterocycles. The van der Waals surface area contributed by atoms with E-state index in [1.54, 1.807) is 0 Å². The van der Waals surface area contributed by atoms with Crippen molar-refractivity contribution in [1.29, 1.82) is 0 Å². The van der Waals surface area contributed by atoms with Crippen molar-refractivity contribution in [2.24, 2.45) is 0 Å². The highest BCUT2D eigenvalue weighted by Gasteiger charge is 2.23. The topological polar surface area (TPSA) is 131 Å². The van der Waals surface area contributed by atoms with E-state index in [4.69, 9.17) is 13.8 Å². The Morgan fingerprint density at radius 3 is 1.42 bits per heavy atom. The predicted molar refractivity (Wildman–Crippen MR) is 220 cm³/mol. The van der Waals surface area contributed by atoms with E-state index in [1.807, 2.05) is 0 Å². The van der Waals surface area contributed by atoms with Crippen LogP contribution in [0.4, 0.5) is 0 Å². The van der Waals surface area contributed by atoms with Gasteiger partial charge in [0, 0.05) is 19.4 Å². The van der Waals surface area contributed by atoms with Crippen LogP contribution in [0.15, 0.2) is 12.2 Å². The number of allylic oxidation sites excluding steroid dienone is 2. The Bertz CT molecular complexity index is 886. The Morgan fingerprint density at radius 2 is 0.962 bits per heavy atom. The number of rotatable bonds is 42. The van der Waals surface area contributed by atoms with Gasteiger partial charge in [-0.3, -0.25) is 18.6 Å². The van der Waals surface area contributed by atoms with E-state index >= 15 is 0 Å². The Balaban J connectivity index is 3.57. The van der Waals surface area contributed by atoms with Crippen molar-refractivity contribution in [3.05, 3.63) is 12.2 Å². The first-order valence-corrected chi connectivity index (χ1v) is 23.7. The van der Waals surface area contributed by atoms with Crippen molar-refractivity contribution in [2.45, 2.75) is 225 Å². The lowest BCUT2D eigenvalue weighted by molar-refractivity contribution is -0.147. The fourth-order valence-corrected chi connectivity index (χ4v) is 7.07. The fraction of sp³-hybridized carbons (Fsp3) is 0.907. The number of nitrogens with one attached hydrogen (secondary N) is 1. The van der Waals surface area contributed by atoms with Crippen LogP contribution >= 0.6 is 7.82 Å². The molecule has 3 N–H and O–H groups in total. The largest absolute Gasteiger partial charge is 0.472 e. The maximum Gasteiger partial charge on any atom is 0.472 e. The number of unbranched alkanes of at least 4 members (excludes halogenated alkanes) is 27. The molecule has 0 bridgehead atoms. The van der Waals surface area contributed by atoms with Gasteiger partial charge in [0.1, 0.15) is 12.7 Å². The summed E-state index contributed by atoms with van der Waals surface area (Å²) in [5.74, 6) is -0.512. The molecular formula is C43H84NO8P. The smallest absolute Gasteiger partial charge is 0.463 e. The molecule has 0 aliphatic heterocycles. The quantitative estimate of drug-likeness (QED) is 0.0242. The van der Waals surface area contributed by atoms with E-state index in [0.29, 0.717) is 6.42 Å². The Kier molecular flexibility index (Phi) is 39.5. The van der Waals surface area contributed by atoms with Gasteiger partial charge in [0.15, 0.2) is 0 Å². The molecular weight excluding hydrogens is 689 g/mol. The zero-order valence-electron chi connectivity index (χ0n) is 34.5. The first-order valence-electron chi connectivity index (χ1n) is 22.2. The number of carbonyl (C=O) groups is 2. The highest BCUT2D eigenvalue weighted by atomic mass is 31.2. The molecule has 0 aromatic carbocycles. The molecule has 0 radical (unpaired) electrons. The standard InChI is InChI=1S/C43H84NO8P/c1-3-5-7-9-11-13-15-17-19-20-22-24-26-28-30-32-34-36-43(47)50-39-41(45)40-52-53(48,49)51-38-37-44-42(46)35-33-31-29-27-25-23-21-18-16-14-12-10-8-6-4-2/h17,19,41,45H,3-16,18,20-40H2,1-2H3,(H,44,46)(H,48,49)/b19-17-. The summed E-state index contributed by atoms with van der Waals surface area (Å²) in [5, 5.41) is 12.7. The molecule has 0 aliphatic rings. The summed E-state index contributed by atoms with van der Waals surface area (Å²) >= 11 is 0. The van der Waals surface area contributed by atoms with Gasteiger partial charge in [0.25, 0.3) is 0 Å². The van der Waals surface area contributed by atoms with Crippen molar-refractivity contribution in [3.8, 4) is 0 Å². The number of aliphatic hydroxyl groups excluding tert-OH is 1. The van der Waals surface area contributed by atoms with Gasteiger partial charge in [-0.15, -0.1) is 0 Å². The summed E-state index contributed by atoms with van der Waals surface area (Å²) in [7, 11) is -4.41. The third kappa shape index (κ3) is 41.7. The number of carbonyl (C=O) groups excluding carboxylic acids is 2. The highest BCUT2D eigenvalue weighted by Crippen LogP contribution is 2.42. The molecule has 0 aliphatic carbocycles. The van der Waals surface area contributed by atoms with Gasteiger partial charge in [-0.1, -0.05) is 180 Å². The first-order chi connectivity index (χ1) is 25.8. The first kappa shape index (κ1) is 51.8. The number of aliphatic hydroxyl groups is 1. The zero-order chi connectivity index (χ0) is 38.9. The molecule has 0 heterocycles. The number of ether oxygens (including phenoxy) is 1. The predicted octanol–water partition coefficient (Wildman–Crippen LogP) is 12.2. The zero-order valence-corrected chi connectivity index (χ0v) is 35.4. The monoisotopic (exact) mass is 774 g/mol. The van der Waals surface area contributed by atoms with Crippen LogP contribution in [-0.4, -0.2) is 54.3 Å². The number of phosphoric ester groups is 1. The Hall–Kier alpha value is -1.25. The minimum atomic E-state index is -4.41. The number of esters is 1. The summed E-state index contributed by atoms with van der Waals surface area (Å²) in [6.45, 7) is 3.57. The van der Waals surface area contributed by atoms with Gasteiger partial charge in [-0.2, -0.15) is 0 Å². The summed E-state index contributed by atoms with van der Waals surface area (Å²) in [6.07, 6.45) is 41.4. The Labute approximate surface area is 326 Å². The lowest BCUT2D eigenvalue weighted by Crippen LogP contribution is -2.27. The number of phosphoric acid groups is 1. The Morgan fingerprint density at radius 1 is 0.566 bits per heavy atom. The minimum absolute atomic E-state index is 0.0860. The lowest BCUT2D eigenvalue weighted by atomic mass is 10.0. The molecule has 10 heteroatoms. The third-order valence-electron chi connectivity index (χ3n) is 9.70. The maximum absolute atomic E-state index is 12.1. The molecule has 0 aromatic heterocycles. The highest BCUT2D eigenvalue weighted by molar-refractivity contribution is 7.47. The second-order valence-corrected chi connectivity index (χ2v) is 16.5. The number of hydrogen-bond donors (Lipinski definition) is 3. The summed E-state index contributed by atoms with van der Waals surface area (Å²) in [4.78, 5) is 33.9. The molecule has 0 fully saturated rings. The van der Waals surface area contributed by atoms with Gasteiger partial charge in [0.2, 0.25) is 5.91 Å². The second kappa shape index (κ2) is 40.4. The molecule has 0 rings (SSSR count). The van der Waals surface area contributed by atoms with Gasteiger partial charge in [-0.25, -0.2) is 4.57 Å². The van der Waals surface area contributed by atoms with Crippen LogP contribution in [0.5, 0.6) is 0 Å². The number of amides is 1. The van der Waals surface area contributed by atoms with E-state index in [1.165, 1.54) is 154 Å². The molecule has 0 saturated carbocycles. The normalized spacial score (nSPS) is 13.4. The molecule has 2 atom stereocenters. The van der Waals surface area contributed by atoms with Crippen molar-refractivity contribution >= 4 is 19.7 Å². The average Bonchev–Trinajstić information content (AvgIpc) is 3.14. The van der Waals surface area contributed by atoms with Crippen molar-refractivity contribution < 1.29 is 37.9 Å². The molecule has 53 heavy (non-hydrogen) atoms. The van der Waals surface area contributed by atoms with Gasteiger partial charge in [-0.05, 0) is 38.5 Å². The van der Waals surface area contributed by atoms with Crippen molar-refractivity contribution in [3.63, 3.8) is 0 Å². The van der Waals surface area contributed by atoms with Gasteiger partial charge >= 0.3 is 13.8 Å². The molecule has 2 unspecified atom stereocenters. The van der Waals surface area contributed by atoms with Crippen LogP contribution in [0.3, 0.4) is 0 Å². The average molecular weight is 774 g/mol. The van der Waals surface area contributed by atoms with Crippen LogP contribution < -0.4 is 5.32 Å². The van der Waals surface area contributed by atoms with Crippen LogP contribution in [0.25, 0.3) is 0 Å². The fourth-order valence-electron chi connectivity index (χ4n) is 6.32. The summed E-state index contributed by atoms with van der Waals surface area (Å²) in [6, 6.07) is 0. The minimum Gasteiger partial charge on any atom is -0.463 e. The molecule has 0 aromatic rings. The lowest BCUT2D eigenvalue weighted by Gasteiger charge is -2.15. The number of hydrogen-bond acceptors (Lipinski definition) is 7. The third-order valence-corrected chi connectivity index (χ3v) is 10.7. The van der Waals surface area contributed by atoms with E-state index in [-0.39, 0.29) is 32.1 Å². The van der Waals surface area contributed by atoms with E-state index in [0.717, 1.165) is 38.5 Å². The van der Waals surface area contributed by atoms with E-state index in [9.17, 15) is 24.2 Å². The maximum atomic E-state index is 12.1. The van der Waals surface area contributed by atoms with Crippen molar-refractivity contribution in [2.75, 3.05) is 26.4 Å². The molecule has 0 spiro atoms. The van der Waals surface area contributed by atoms with Crippen LogP contribution in [-0.2, 0) is 27.9 Å². The van der Waals surface area contributed by atoms with Gasteiger partial charge in [0.05, 0.1) is 13.2 Å². The van der Waals surface area contributed by atoms with Crippen LogP contribution in [0, 0.1) is 0 Å². The van der Waals surface area contributed by atoms with E-state index < -0.39 is 26.5 Å². The molecule has 9 nitrogen and oxygen atoms in total. The molecule has 1 amide bonds. The van der Waals surface area contributed by atoms with Crippen LogP contribution in [0.2, 0.25) is 0 Å². The second-order valence-electron chi connectivity index (χ2n) is 15.0. The van der Waals surface area contributed by atoms with Gasteiger partial charge < -0.3 is 20.1 Å². The van der Waals surface area contributed by atoms with Crippen LogP contribution in [0.1, 0.15) is 219 Å². The van der Waals surface area contributed by atoms with E-state index in [2.05, 4.69) is 31.3 Å².